The van der Waals surface area contributed by atoms with Crippen LogP contribution in [-0.2, 0) is 30.3 Å². The van der Waals surface area contributed by atoms with Gasteiger partial charge in [-0.05, 0) is 58.6 Å². The number of rotatable bonds is 10. The first-order valence-electron chi connectivity index (χ1n) is 20.3. The van der Waals surface area contributed by atoms with Gasteiger partial charge in [-0.15, -0.1) is 40.5 Å². The minimum atomic E-state index is -1.31. The number of benzene rings is 3. The number of thiophene rings is 1. The Morgan fingerprint density at radius 1 is 0.786 bits per heavy atom. The van der Waals surface area contributed by atoms with Gasteiger partial charge in [-0.3, -0.25) is 9.78 Å². The third kappa shape index (κ3) is 9.52. The Hall–Kier alpha value is -2.89. The topological polar surface area (TPSA) is 50.2 Å². The molecule has 0 aliphatic carbocycles. The van der Waals surface area contributed by atoms with Crippen LogP contribution in [0.3, 0.4) is 0 Å². The number of nitrogens with zero attached hydrogens (tertiary/aromatic N) is 1. The van der Waals surface area contributed by atoms with Crippen LogP contribution in [0.15, 0.2) is 78.7 Å². The van der Waals surface area contributed by atoms with Crippen molar-refractivity contribution in [1.82, 2.24) is 4.98 Å². The van der Waals surface area contributed by atoms with Crippen molar-refractivity contribution >= 4 is 51.2 Å². The van der Waals surface area contributed by atoms with Gasteiger partial charge in [-0.25, -0.2) is 0 Å². The van der Waals surface area contributed by atoms with Crippen LogP contribution < -0.4 is 5.19 Å². The zero-order valence-corrected chi connectivity index (χ0v) is 41.5. The Balaban J connectivity index is 0.000000333. The predicted octanol–water partition coefficient (Wildman–Crippen LogP) is 14.4. The van der Waals surface area contributed by atoms with Gasteiger partial charge < -0.3 is 5.11 Å². The molecule has 3 nitrogen and oxygen atoms in total. The molecule has 0 amide bonds. The van der Waals surface area contributed by atoms with Crippen molar-refractivity contribution < 1.29 is 30.0 Å². The van der Waals surface area contributed by atoms with Crippen molar-refractivity contribution in [3.8, 4) is 21.7 Å². The number of pyridine rings is 1. The summed E-state index contributed by atoms with van der Waals surface area (Å²) in [5.41, 5.74) is 5.30. The van der Waals surface area contributed by atoms with Gasteiger partial charge in [0.25, 0.3) is 0 Å². The van der Waals surface area contributed by atoms with Gasteiger partial charge in [0, 0.05) is 58.5 Å². The van der Waals surface area contributed by atoms with Crippen LogP contribution in [0.5, 0.6) is 0 Å². The molecule has 0 atom stereocenters. The quantitative estimate of drug-likeness (QED) is 0.0657. The van der Waals surface area contributed by atoms with E-state index < -0.39 is 13.5 Å². The van der Waals surface area contributed by atoms with Gasteiger partial charge in [-0.1, -0.05) is 168 Å². The van der Waals surface area contributed by atoms with Gasteiger partial charge in [0.1, 0.15) is 5.76 Å². The fraction of sp³-hybridized carbons (Fsp3) is 0.480. The van der Waals surface area contributed by atoms with Crippen molar-refractivity contribution in [3.63, 3.8) is 0 Å². The molecule has 5 rings (SSSR count). The molecule has 0 saturated carbocycles. The van der Waals surface area contributed by atoms with E-state index in [2.05, 4.69) is 169 Å². The van der Waals surface area contributed by atoms with Gasteiger partial charge in [0.05, 0.1) is 8.07 Å². The monoisotopic (exact) mass is 967 g/mol. The van der Waals surface area contributed by atoms with Crippen LogP contribution in [0.1, 0.15) is 101 Å². The van der Waals surface area contributed by atoms with Crippen LogP contribution in [0.2, 0.25) is 19.6 Å². The van der Waals surface area contributed by atoms with E-state index in [0.717, 1.165) is 16.6 Å². The summed E-state index contributed by atoms with van der Waals surface area (Å²) < 4.78 is 1.25. The third-order valence-electron chi connectivity index (χ3n) is 12.9. The number of fused-ring (bicyclic) bond motifs is 2. The second-order valence-electron chi connectivity index (χ2n) is 19.4. The summed E-state index contributed by atoms with van der Waals surface area (Å²) in [6.07, 6.45) is 3.45. The first-order valence-corrected chi connectivity index (χ1v) is 24.6. The molecular formula is C50H68IrNO2SSi-. The standard InChI is InChI=1S/C31H32NSSi.C19H36O2.Ir/c1-20-25-16-17-32-28(23-18-22-10-8-9-11-26(22)27(19-23)31(2,3)4)30(25)33-29(20)21-12-14-24(15-13-21)34(5,6)7;1-12(2)18(9,13(3)4)16(20)11-17(21)19(10,14(5)6)15(7)8;/h8-17,19H,1-7H3;11-15,20H,1-10H3;/q-1;;/b;16-11-;. The Labute approximate surface area is 358 Å². The first kappa shape index (κ1) is 47.5. The predicted molar refractivity (Wildman–Crippen MR) is 245 cm³/mol. The number of ketones is 1. The zero-order chi connectivity index (χ0) is 41.4. The van der Waals surface area contributed by atoms with Crippen LogP contribution in [0.25, 0.3) is 42.6 Å². The number of allylic oxidation sites excluding steroid dienone is 2. The minimum Gasteiger partial charge on any atom is -0.512 e. The Morgan fingerprint density at radius 2 is 1.32 bits per heavy atom. The second kappa shape index (κ2) is 17.9. The molecule has 0 unspecified atom stereocenters. The molecule has 2 aromatic heterocycles. The molecule has 56 heavy (non-hydrogen) atoms. The van der Waals surface area contributed by atoms with Gasteiger partial charge in [0.2, 0.25) is 0 Å². The number of hydrogen-bond acceptors (Lipinski definition) is 4. The van der Waals surface area contributed by atoms with E-state index in [1.807, 2.05) is 31.4 Å². The molecule has 305 valence electrons. The van der Waals surface area contributed by atoms with Crippen LogP contribution in [0, 0.1) is 47.5 Å². The number of carbonyl (C=O) groups excluding carboxylic acids is 1. The van der Waals surface area contributed by atoms with E-state index in [4.69, 9.17) is 4.98 Å². The van der Waals surface area contributed by atoms with Gasteiger partial charge in [-0.2, -0.15) is 0 Å². The number of aryl methyl sites for hydroxylation is 1. The Kier molecular flexibility index (Phi) is 15.2. The minimum absolute atomic E-state index is 0. The zero-order valence-electron chi connectivity index (χ0n) is 37.3. The molecule has 3 aromatic carbocycles. The number of aromatic nitrogens is 1. The summed E-state index contributed by atoms with van der Waals surface area (Å²) >= 11 is 1.86. The van der Waals surface area contributed by atoms with Crippen molar-refractivity contribution in [2.75, 3.05) is 0 Å². The smallest absolute Gasteiger partial charge is 0.165 e. The Bertz CT molecular complexity index is 2140. The fourth-order valence-corrected chi connectivity index (χ4v) is 10.1. The second-order valence-corrected chi connectivity index (χ2v) is 25.5. The molecule has 0 fully saturated rings. The Morgan fingerprint density at radius 3 is 1.82 bits per heavy atom. The molecule has 0 bridgehead atoms. The molecule has 0 spiro atoms. The maximum Gasteiger partial charge on any atom is 0.165 e. The number of aliphatic hydroxyl groups is 1. The van der Waals surface area contributed by atoms with Crippen LogP contribution in [0.4, 0.5) is 0 Å². The molecule has 0 saturated heterocycles. The first-order chi connectivity index (χ1) is 25.4. The van der Waals surface area contributed by atoms with Crippen molar-refractivity contribution in [2.24, 2.45) is 34.5 Å². The normalized spacial score (nSPS) is 13.1. The van der Waals surface area contributed by atoms with Crippen LogP contribution >= 0.6 is 11.3 Å². The van der Waals surface area contributed by atoms with E-state index in [9.17, 15) is 9.90 Å². The van der Waals surface area contributed by atoms with Gasteiger partial charge >= 0.3 is 0 Å². The maximum absolute atomic E-state index is 12.8. The molecular weight excluding hydrogens is 899 g/mol. The van der Waals surface area contributed by atoms with E-state index in [0.29, 0.717) is 0 Å². The molecule has 2 heterocycles. The van der Waals surface area contributed by atoms with Gasteiger partial charge in [0.15, 0.2) is 5.78 Å². The van der Waals surface area contributed by atoms with Crippen LogP contribution in [-0.4, -0.2) is 23.9 Å². The van der Waals surface area contributed by atoms with Crippen molar-refractivity contribution in [3.05, 3.63) is 95.9 Å². The fourth-order valence-electron chi connectivity index (χ4n) is 7.64. The summed E-state index contributed by atoms with van der Waals surface area (Å²) in [6.45, 7) is 37.0. The number of aliphatic hydroxyl groups excluding tert-OH is 1. The summed E-state index contributed by atoms with van der Waals surface area (Å²) in [7, 11) is -1.31. The van der Waals surface area contributed by atoms with E-state index in [-0.39, 0.29) is 66.1 Å². The molecule has 5 aromatic rings. The molecule has 1 radical (unpaired) electrons. The molecule has 0 aliphatic rings. The van der Waals surface area contributed by atoms with E-state index >= 15 is 0 Å². The largest absolute Gasteiger partial charge is 0.512 e. The maximum atomic E-state index is 12.8. The van der Waals surface area contributed by atoms with E-state index in [1.165, 1.54) is 48.3 Å². The molecule has 6 heteroatoms. The van der Waals surface area contributed by atoms with Crippen molar-refractivity contribution in [1.29, 1.82) is 0 Å². The summed E-state index contributed by atoms with van der Waals surface area (Å²) in [5, 5.41) is 15.9. The number of hydrogen-bond donors (Lipinski definition) is 1. The summed E-state index contributed by atoms with van der Waals surface area (Å²) in [5.74, 6) is 1.27. The molecule has 1 N–H and O–H groups in total. The average Bonchev–Trinajstić information content (AvgIpc) is 3.45. The SMILES string of the molecule is CC(C)C(C)(C(=O)/C=C(\O)C(C)(C(C)C)C(C)C)C(C)C.Cc1c(-c2ccc([Si](C)(C)C)cc2)sc2c(-c3[c-]c4ccccc4c(C(C)(C)C)c3)nccc12.[Ir]. The average molecular weight is 967 g/mol. The summed E-state index contributed by atoms with van der Waals surface area (Å²) in [4.78, 5) is 19.0. The van der Waals surface area contributed by atoms with Crippen molar-refractivity contribution in [2.45, 2.75) is 122 Å². The molecule has 0 aliphatic heterocycles. The summed E-state index contributed by atoms with van der Waals surface area (Å²) in [6, 6.07) is 26.0. The number of carbonyl (C=O) groups is 1. The third-order valence-corrected chi connectivity index (χ3v) is 16.3. The van der Waals surface area contributed by atoms with E-state index in [1.54, 1.807) is 0 Å².